The van der Waals surface area contributed by atoms with Crippen LogP contribution in [0, 0.1) is 28.5 Å². The molecule has 1 aromatic carbocycles. The predicted molar refractivity (Wildman–Crippen MR) is 120 cm³/mol. The van der Waals surface area contributed by atoms with E-state index in [1.165, 1.54) is 6.07 Å². The van der Waals surface area contributed by atoms with E-state index in [1.54, 1.807) is 41.2 Å². The number of pyridine rings is 1. The number of nitrogens with one attached hydrogen (secondary N) is 1. The summed E-state index contributed by atoms with van der Waals surface area (Å²) in [6.07, 6.45) is 5.40. The maximum absolute atomic E-state index is 14.5. The lowest BCUT2D eigenvalue weighted by Crippen LogP contribution is -2.09. The Hall–Kier alpha value is -4.50. The van der Waals surface area contributed by atoms with E-state index in [0.29, 0.717) is 52.8 Å². The molecule has 5 rings (SSSR count). The summed E-state index contributed by atoms with van der Waals surface area (Å²) in [6.45, 7) is 4.74. The third kappa shape index (κ3) is 4.04. The molecule has 0 amide bonds. The topological polar surface area (TPSA) is 112 Å². The van der Waals surface area contributed by atoms with Gasteiger partial charge < -0.3 is 10.1 Å². The molecule has 4 heterocycles. The van der Waals surface area contributed by atoms with Crippen LogP contribution in [-0.2, 0) is 13.0 Å². The predicted octanol–water partition coefficient (Wildman–Crippen LogP) is 4.25. The average molecular weight is 441 g/mol. The van der Waals surface area contributed by atoms with Crippen molar-refractivity contribution in [2.24, 2.45) is 0 Å². The molecule has 1 aliphatic rings. The van der Waals surface area contributed by atoms with Crippen LogP contribution < -0.4 is 10.1 Å². The molecule has 0 unspecified atom stereocenters. The van der Waals surface area contributed by atoms with Crippen LogP contribution in [-0.4, -0.2) is 26.0 Å². The van der Waals surface area contributed by atoms with E-state index >= 15 is 0 Å². The van der Waals surface area contributed by atoms with Gasteiger partial charge >= 0.3 is 0 Å². The first-order chi connectivity index (χ1) is 16.2. The molecule has 164 valence electrons. The highest BCUT2D eigenvalue weighted by molar-refractivity contribution is 5.78. The molecule has 0 atom stereocenters. The first kappa shape index (κ1) is 21.7. The van der Waals surface area contributed by atoms with Crippen LogP contribution >= 0.6 is 0 Å². The molecule has 4 aromatic rings. The van der Waals surface area contributed by atoms with Gasteiger partial charge in [-0.25, -0.2) is 19.3 Å². The number of imidazole rings is 1. The van der Waals surface area contributed by atoms with Gasteiger partial charge in [0.1, 0.15) is 29.4 Å². The molecule has 0 fully saturated rings. The van der Waals surface area contributed by atoms with Crippen molar-refractivity contribution in [2.45, 2.75) is 26.8 Å². The molecule has 1 N–H and O–H groups in total. The molecule has 0 radical (unpaired) electrons. The van der Waals surface area contributed by atoms with Gasteiger partial charge in [-0.3, -0.25) is 4.40 Å². The summed E-state index contributed by atoms with van der Waals surface area (Å²) in [5, 5.41) is 21.4. The zero-order valence-electron chi connectivity index (χ0n) is 18.1. The second-order valence-corrected chi connectivity index (χ2v) is 6.93. The van der Waals surface area contributed by atoms with Crippen molar-refractivity contribution < 1.29 is 9.13 Å². The zero-order chi connectivity index (χ0) is 23.4. The van der Waals surface area contributed by atoms with Gasteiger partial charge in [0.25, 0.3) is 0 Å². The van der Waals surface area contributed by atoms with Crippen molar-refractivity contribution in [1.82, 2.24) is 19.4 Å². The zero-order valence-corrected chi connectivity index (χ0v) is 18.1. The number of fused-ring (bicyclic) bond motifs is 2. The number of nitriles is 2. The Labute approximate surface area is 189 Å². The Balaban J connectivity index is 0.00000126. The molecule has 9 heteroatoms. The van der Waals surface area contributed by atoms with E-state index in [0.717, 1.165) is 5.56 Å². The lowest BCUT2D eigenvalue weighted by molar-refractivity contribution is 0.356. The Kier molecular flexibility index (Phi) is 6.14. The van der Waals surface area contributed by atoms with Gasteiger partial charge in [0, 0.05) is 47.6 Å². The second-order valence-electron chi connectivity index (χ2n) is 6.93. The normalized spacial score (nSPS) is 11.5. The lowest BCUT2D eigenvalue weighted by Gasteiger charge is -2.13. The maximum atomic E-state index is 14.5. The molecule has 0 saturated carbocycles. The number of anilines is 1. The van der Waals surface area contributed by atoms with E-state index < -0.39 is 0 Å². The van der Waals surface area contributed by atoms with E-state index in [1.807, 2.05) is 26.0 Å². The van der Waals surface area contributed by atoms with Gasteiger partial charge in [0.05, 0.1) is 12.8 Å². The summed E-state index contributed by atoms with van der Waals surface area (Å²) in [6, 6.07) is 10.4. The van der Waals surface area contributed by atoms with E-state index in [-0.39, 0.29) is 18.1 Å². The number of ether oxygens (including phenoxy) is 1. The van der Waals surface area contributed by atoms with Crippen molar-refractivity contribution in [2.75, 3.05) is 11.9 Å². The fourth-order valence-corrected chi connectivity index (χ4v) is 3.66. The van der Waals surface area contributed by atoms with Crippen LogP contribution in [0.1, 0.15) is 36.4 Å². The van der Waals surface area contributed by atoms with Gasteiger partial charge in [0.2, 0.25) is 5.95 Å². The Morgan fingerprint density at radius 3 is 2.64 bits per heavy atom. The standard InChI is InChI=1S/C22H14FN7O.C2H6/c23-19-3-4-20-16(5-6-31-20)18(19)11-28-22-27-10-17(13-1-2-14(7-24)26-9-13)21-29-15(8-25)12-30(21)22;1-2/h1-4,9-10,12H,5-6,11H2,(H,27,28);1-2H3. The van der Waals surface area contributed by atoms with E-state index in [9.17, 15) is 9.65 Å². The smallest absolute Gasteiger partial charge is 0.208 e. The average Bonchev–Trinajstić information content (AvgIpc) is 3.52. The van der Waals surface area contributed by atoms with Gasteiger partial charge in [0.15, 0.2) is 11.3 Å². The third-order valence-electron chi connectivity index (χ3n) is 5.16. The Bertz CT molecular complexity index is 1400. The molecule has 0 aliphatic carbocycles. The summed E-state index contributed by atoms with van der Waals surface area (Å²) >= 11 is 0. The van der Waals surface area contributed by atoms with Gasteiger partial charge in [-0.05, 0) is 24.3 Å². The summed E-state index contributed by atoms with van der Waals surface area (Å²) in [4.78, 5) is 12.9. The number of nitrogens with zero attached hydrogens (tertiary/aromatic N) is 6. The van der Waals surface area contributed by atoms with Crippen molar-refractivity contribution in [1.29, 1.82) is 10.5 Å². The first-order valence-electron chi connectivity index (χ1n) is 10.5. The number of rotatable bonds is 4. The highest BCUT2D eigenvalue weighted by Gasteiger charge is 2.20. The molecule has 0 saturated heterocycles. The van der Waals surface area contributed by atoms with E-state index in [4.69, 9.17) is 10.00 Å². The maximum Gasteiger partial charge on any atom is 0.208 e. The van der Waals surface area contributed by atoms with E-state index in [2.05, 4.69) is 20.3 Å². The molecule has 3 aromatic heterocycles. The molecule has 0 bridgehead atoms. The molecule has 0 spiro atoms. The molecule has 33 heavy (non-hydrogen) atoms. The van der Waals surface area contributed by atoms with Gasteiger partial charge in [-0.1, -0.05) is 13.8 Å². The number of halogens is 1. The fraction of sp³-hybridized carbons (Fsp3) is 0.208. The van der Waals surface area contributed by atoms with Crippen LogP contribution in [0.15, 0.2) is 42.9 Å². The minimum Gasteiger partial charge on any atom is -0.493 e. The number of hydrogen-bond donors (Lipinski definition) is 1. The summed E-state index contributed by atoms with van der Waals surface area (Å²) in [7, 11) is 0. The van der Waals surface area contributed by atoms with Crippen molar-refractivity contribution in [3.05, 3.63) is 71.2 Å². The van der Waals surface area contributed by atoms with Crippen molar-refractivity contribution in [3.8, 4) is 29.0 Å². The van der Waals surface area contributed by atoms with Crippen LogP contribution in [0.25, 0.3) is 16.8 Å². The largest absolute Gasteiger partial charge is 0.493 e. The lowest BCUT2D eigenvalue weighted by atomic mass is 10.0. The van der Waals surface area contributed by atoms with Gasteiger partial charge in [-0.2, -0.15) is 10.5 Å². The van der Waals surface area contributed by atoms with Crippen LogP contribution in [0.3, 0.4) is 0 Å². The molecular weight excluding hydrogens is 421 g/mol. The van der Waals surface area contributed by atoms with Crippen LogP contribution in [0.2, 0.25) is 0 Å². The summed E-state index contributed by atoms with van der Waals surface area (Å²) < 4.78 is 21.6. The molecule has 1 aliphatic heterocycles. The highest BCUT2D eigenvalue weighted by Crippen LogP contribution is 2.31. The summed E-state index contributed by atoms with van der Waals surface area (Å²) in [5.41, 5.74) is 3.78. The Morgan fingerprint density at radius 1 is 1.09 bits per heavy atom. The quantitative estimate of drug-likeness (QED) is 0.504. The highest BCUT2D eigenvalue weighted by atomic mass is 19.1. The number of benzene rings is 1. The van der Waals surface area contributed by atoms with Crippen molar-refractivity contribution >= 4 is 11.6 Å². The minimum atomic E-state index is -0.309. The third-order valence-corrected chi connectivity index (χ3v) is 5.16. The summed E-state index contributed by atoms with van der Waals surface area (Å²) in [5.74, 6) is 0.816. The SMILES string of the molecule is CC.N#Cc1ccc(-c2cnc(NCc3c(F)ccc4c3CCO4)n3cc(C#N)nc23)cn1. The van der Waals surface area contributed by atoms with Gasteiger partial charge in [-0.15, -0.1) is 0 Å². The molecule has 8 nitrogen and oxygen atoms in total. The van der Waals surface area contributed by atoms with Crippen LogP contribution in [0.4, 0.5) is 10.3 Å². The minimum absolute atomic E-state index is 0.207. The monoisotopic (exact) mass is 441 g/mol. The second kappa shape index (κ2) is 9.33. The number of aromatic nitrogens is 4. The molecular formula is C24H20FN7O. The first-order valence-corrected chi connectivity index (χ1v) is 10.5. The Morgan fingerprint density at radius 2 is 1.91 bits per heavy atom. The van der Waals surface area contributed by atoms with Crippen LogP contribution in [0.5, 0.6) is 5.75 Å². The fourth-order valence-electron chi connectivity index (χ4n) is 3.66. The van der Waals surface area contributed by atoms with Crippen molar-refractivity contribution in [3.63, 3.8) is 0 Å². The number of hydrogen-bond acceptors (Lipinski definition) is 7.